The van der Waals surface area contributed by atoms with Crippen LogP contribution in [-0.4, -0.2) is 11.5 Å². The number of nitrogens with one attached hydrogen (secondary N) is 2. The second kappa shape index (κ2) is 5.48. The topological polar surface area (TPSA) is 70.9 Å². The van der Waals surface area contributed by atoms with Gasteiger partial charge in [-0.15, -0.1) is 0 Å². The van der Waals surface area contributed by atoms with Gasteiger partial charge in [0.2, 0.25) is 0 Å². The Morgan fingerprint density at radius 3 is 2.72 bits per heavy atom. The van der Waals surface area contributed by atoms with Crippen molar-refractivity contribution in [2.24, 2.45) is 5.73 Å². The van der Waals surface area contributed by atoms with Crippen LogP contribution in [0.1, 0.15) is 18.2 Å². The largest absolute Gasteiger partial charge is 0.321 e. The van der Waals surface area contributed by atoms with Gasteiger partial charge in [-0.1, -0.05) is 41.7 Å². The van der Waals surface area contributed by atoms with Gasteiger partial charge in [-0.3, -0.25) is 4.79 Å². The number of benzene rings is 1. The van der Waals surface area contributed by atoms with E-state index in [1.54, 1.807) is 0 Å². The Morgan fingerprint density at radius 2 is 2.11 bits per heavy atom. The molecule has 0 amide bonds. The van der Waals surface area contributed by atoms with Crippen LogP contribution >= 0.6 is 11.3 Å². The minimum Gasteiger partial charge on any atom is -0.321 e. The van der Waals surface area contributed by atoms with Crippen molar-refractivity contribution in [3.05, 3.63) is 56.6 Å². The number of nitrogens with two attached hydrogens (primary N) is 1. The van der Waals surface area contributed by atoms with E-state index in [1.807, 2.05) is 42.6 Å². The zero-order valence-corrected chi connectivity index (χ0v) is 11.1. The molecule has 0 bridgehead atoms. The first-order valence-electron chi connectivity index (χ1n) is 5.80. The van der Waals surface area contributed by atoms with Crippen LogP contribution in [-0.2, 0) is 12.1 Å². The summed E-state index contributed by atoms with van der Waals surface area (Å²) in [7, 11) is 0. The normalized spacial score (nSPS) is 14.3. The van der Waals surface area contributed by atoms with Crippen LogP contribution in [0.3, 0.4) is 0 Å². The summed E-state index contributed by atoms with van der Waals surface area (Å²) in [6.45, 7) is 3.26. The molecule has 4 N–H and O–H groups in total. The number of H-pyrrole nitrogens is 1. The molecule has 1 heterocycles. The molecule has 0 saturated heterocycles. The van der Waals surface area contributed by atoms with Crippen LogP contribution in [0.5, 0.6) is 0 Å². The molecule has 1 aromatic carbocycles. The molecule has 5 heteroatoms. The Balaban J connectivity index is 1.91. The van der Waals surface area contributed by atoms with Crippen molar-refractivity contribution < 1.29 is 0 Å². The van der Waals surface area contributed by atoms with Gasteiger partial charge in [0.15, 0.2) is 0 Å². The van der Waals surface area contributed by atoms with Gasteiger partial charge in [-0.05, 0) is 12.5 Å². The van der Waals surface area contributed by atoms with Crippen molar-refractivity contribution in [3.8, 4) is 0 Å². The van der Waals surface area contributed by atoms with Crippen LogP contribution in [0.4, 0.5) is 0 Å². The number of hydrogen-bond acceptors (Lipinski definition) is 4. The number of aromatic amines is 1. The van der Waals surface area contributed by atoms with Crippen LogP contribution < -0.4 is 15.9 Å². The van der Waals surface area contributed by atoms with E-state index < -0.39 is 5.54 Å². The van der Waals surface area contributed by atoms with Gasteiger partial charge in [-0.25, -0.2) is 0 Å². The Morgan fingerprint density at radius 1 is 1.39 bits per heavy atom. The third kappa shape index (κ3) is 3.29. The fraction of sp³-hybridized carbons (Fsp3) is 0.308. The average molecular weight is 263 g/mol. The van der Waals surface area contributed by atoms with E-state index in [0.29, 0.717) is 13.1 Å². The molecule has 0 spiro atoms. The van der Waals surface area contributed by atoms with Gasteiger partial charge < -0.3 is 16.0 Å². The van der Waals surface area contributed by atoms with Gasteiger partial charge in [0, 0.05) is 24.2 Å². The lowest BCUT2D eigenvalue weighted by atomic mass is 9.93. The van der Waals surface area contributed by atoms with Crippen LogP contribution in [0.2, 0.25) is 0 Å². The predicted octanol–water partition coefficient (Wildman–Crippen LogP) is 1.40. The third-order valence-corrected chi connectivity index (χ3v) is 3.53. The lowest BCUT2D eigenvalue weighted by molar-refractivity contribution is 0.444. The molecular weight excluding hydrogens is 246 g/mol. The predicted molar refractivity (Wildman–Crippen MR) is 74.6 cm³/mol. The average Bonchev–Trinajstić information content (AvgIpc) is 2.76. The lowest BCUT2D eigenvalue weighted by Gasteiger charge is -2.25. The van der Waals surface area contributed by atoms with E-state index in [1.165, 1.54) is 11.3 Å². The molecule has 1 unspecified atom stereocenters. The van der Waals surface area contributed by atoms with Gasteiger partial charge in [-0.2, -0.15) is 0 Å². The quantitative estimate of drug-likeness (QED) is 0.763. The Labute approximate surface area is 110 Å². The maximum atomic E-state index is 11.0. The van der Waals surface area contributed by atoms with Crippen LogP contribution in [0.25, 0.3) is 0 Å². The molecule has 1 atom stereocenters. The molecule has 0 aliphatic rings. The summed E-state index contributed by atoms with van der Waals surface area (Å²) in [5, 5.41) is 5.09. The van der Waals surface area contributed by atoms with E-state index in [2.05, 4.69) is 10.3 Å². The number of thiazole rings is 1. The molecule has 18 heavy (non-hydrogen) atoms. The van der Waals surface area contributed by atoms with Crippen molar-refractivity contribution >= 4 is 11.3 Å². The van der Waals surface area contributed by atoms with Crippen molar-refractivity contribution in [1.29, 1.82) is 0 Å². The smallest absolute Gasteiger partial charge is 0.304 e. The van der Waals surface area contributed by atoms with E-state index in [0.717, 1.165) is 11.3 Å². The summed E-state index contributed by atoms with van der Waals surface area (Å²) in [6, 6.07) is 9.99. The SMILES string of the molecule is CC(N)(CNCc1csc(=O)[nH]1)c1ccccc1. The summed E-state index contributed by atoms with van der Waals surface area (Å²) in [5.41, 5.74) is 7.85. The monoisotopic (exact) mass is 263 g/mol. The second-order valence-corrected chi connectivity index (χ2v) is 5.40. The minimum absolute atomic E-state index is 0.0228. The van der Waals surface area contributed by atoms with Crippen molar-refractivity contribution in [3.63, 3.8) is 0 Å². The van der Waals surface area contributed by atoms with Gasteiger partial charge in [0.1, 0.15) is 0 Å². The van der Waals surface area contributed by atoms with E-state index >= 15 is 0 Å². The zero-order valence-electron chi connectivity index (χ0n) is 10.3. The fourth-order valence-corrected chi connectivity index (χ4v) is 2.36. The minimum atomic E-state index is -0.419. The maximum absolute atomic E-state index is 11.0. The summed E-state index contributed by atoms with van der Waals surface area (Å²) in [6.07, 6.45) is 0. The van der Waals surface area contributed by atoms with Crippen LogP contribution in [0.15, 0.2) is 40.5 Å². The van der Waals surface area contributed by atoms with Crippen molar-refractivity contribution in [1.82, 2.24) is 10.3 Å². The van der Waals surface area contributed by atoms with E-state index in [-0.39, 0.29) is 4.87 Å². The Bertz CT molecular complexity index is 545. The molecule has 4 nitrogen and oxygen atoms in total. The molecule has 0 aliphatic carbocycles. The summed E-state index contributed by atoms with van der Waals surface area (Å²) in [4.78, 5) is 13.7. The molecule has 2 aromatic rings. The fourth-order valence-electron chi connectivity index (χ4n) is 1.78. The highest BCUT2D eigenvalue weighted by Crippen LogP contribution is 2.16. The lowest BCUT2D eigenvalue weighted by Crippen LogP contribution is -2.43. The molecule has 0 fully saturated rings. The molecule has 0 aliphatic heterocycles. The summed E-state index contributed by atoms with van der Waals surface area (Å²) >= 11 is 1.18. The zero-order chi connectivity index (χ0) is 13.0. The van der Waals surface area contributed by atoms with Crippen molar-refractivity contribution in [2.75, 3.05) is 6.54 Å². The first-order chi connectivity index (χ1) is 8.58. The highest BCUT2D eigenvalue weighted by Gasteiger charge is 2.20. The summed E-state index contributed by atoms with van der Waals surface area (Å²) in [5.74, 6) is 0. The summed E-state index contributed by atoms with van der Waals surface area (Å²) < 4.78 is 0. The first kappa shape index (κ1) is 13.0. The Hall–Kier alpha value is -1.43. The maximum Gasteiger partial charge on any atom is 0.304 e. The van der Waals surface area contributed by atoms with Crippen molar-refractivity contribution in [2.45, 2.75) is 19.0 Å². The van der Waals surface area contributed by atoms with Gasteiger partial charge in [0.05, 0.1) is 5.54 Å². The highest BCUT2D eigenvalue weighted by atomic mass is 32.1. The second-order valence-electron chi connectivity index (χ2n) is 4.56. The van der Waals surface area contributed by atoms with Gasteiger partial charge in [0.25, 0.3) is 0 Å². The van der Waals surface area contributed by atoms with E-state index in [4.69, 9.17) is 5.73 Å². The standard InChI is InChI=1S/C13H17N3OS/c1-13(14,10-5-3-2-4-6-10)9-15-7-11-8-18-12(17)16-11/h2-6,8,15H,7,9,14H2,1H3,(H,16,17). The molecule has 2 rings (SSSR count). The highest BCUT2D eigenvalue weighted by molar-refractivity contribution is 7.07. The Kier molecular flexibility index (Phi) is 3.96. The molecule has 0 saturated carbocycles. The molecule has 1 aromatic heterocycles. The number of hydrogen-bond donors (Lipinski definition) is 3. The third-order valence-electron chi connectivity index (χ3n) is 2.81. The molecule has 0 radical (unpaired) electrons. The van der Waals surface area contributed by atoms with E-state index in [9.17, 15) is 4.79 Å². The first-order valence-corrected chi connectivity index (χ1v) is 6.68. The number of aromatic nitrogens is 1. The number of rotatable bonds is 5. The molecule has 96 valence electrons. The van der Waals surface area contributed by atoms with Crippen LogP contribution in [0, 0.1) is 0 Å². The van der Waals surface area contributed by atoms with Gasteiger partial charge >= 0.3 is 4.87 Å². The molecular formula is C13H17N3OS.